The van der Waals surface area contributed by atoms with Crippen LogP contribution in [0, 0.1) is 0 Å². The van der Waals surface area contributed by atoms with Gasteiger partial charge >= 0.3 is 0 Å². The first kappa shape index (κ1) is 17.2. The SMILES string of the molecule is O=C(c1cccc(Cl)c1)N1CCC[C@H](c2nccn2Cc2cscn2)C1. The molecule has 0 aliphatic carbocycles. The maximum Gasteiger partial charge on any atom is 0.253 e. The van der Waals surface area contributed by atoms with Crippen LogP contribution in [0.1, 0.15) is 40.6 Å². The molecule has 1 amide bonds. The number of hydrogen-bond acceptors (Lipinski definition) is 4. The second-order valence-corrected chi connectivity index (χ2v) is 7.65. The number of halogens is 1. The fraction of sp³-hybridized carbons (Fsp3) is 0.316. The molecule has 7 heteroatoms. The highest BCUT2D eigenvalue weighted by Gasteiger charge is 2.28. The number of carbonyl (C=O) groups excluding carboxylic acids is 1. The van der Waals surface area contributed by atoms with Gasteiger partial charge in [-0.1, -0.05) is 17.7 Å². The third-order valence-corrected chi connectivity index (χ3v) is 5.58. The van der Waals surface area contributed by atoms with E-state index in [-0.39, 0.29) is 11.8 Å². The molecular weight excluding hydrogens is 368 g/mol. The number of likely N-dealkylation sites (tertiary alicyclic amines) is 1. The molecule has 3 heterocycles. The lowest BCUT2D eigenvalue weighted by Gasteiger charge is -2.32. The van der Waals surface area contributed by atoms with E-state index in [2.05, 4.69) is 19.9 Å². The molecule has 2 aromatic heterocycles. The molecule has 0 N–H and O–H groups in total. The first-order valence-electron chi connectivity index (χ1n) is 8.63. The summed E-state index contributed by atoms with van der Waals surface area (Å²) in [6.45, 7) is 2.17. The highest BCUT2D eigenvalue weighted by atomic mass is 35.5. The Balaban J connectivity index is 1.51. The van der Waals surface area contributed by atoms with Crippen molar-refractivity contribution in [2.45, 2.75) is 25.3 Å². The predicted molar refractivity (Wildman–Crippen MR) is 103 cm³/mol. The van der Waals surface area contributed by atoms with Crippen LogP contribution in [0.3, 0.4) is 0 Å². The van der Waals surface area contributed by atoms with Gasteiger partial charge in [0.15, 0.2) is 0 Å². The molecule has 5 nitrogen and oxygen atoms in total. The molecule has 1 aliphatic rings. The molecule has 0 saturated carbocycles. The van der Waals surface area contributed by atoms with Crippen LogP contribution >= 0.6 is 22.9 Å². The normalized spacial score (nSPS) is 17.4. The number of amides is 1. The lowest BCUT2D eigenvalue weighted by Crippen LogP contribution is -2.39. The maximum atomic E-state index is 12.8. The molecular formula is C19H19ClN4OS. The van der Waals surface area contributed by atoms with Crippen LogP contribution in [0.5, 0.6) is 0 Å². The van der Waals surface area contributed by atoms with Crippen molar-refractivity contribution >= 4 is 28.8 Å². The smallest absolute Gasteiger partial charge is 0.253 e. The number of benzene rings is 1. The van der Waals surface area contributed by atoms with E-state index in [0.717, 1.165) is 37.4 Å². The number of imidazole rings is 1. The van der Waals surface area contributed by atoms with Crippen LogP contribution in [0.25, 0.3) is 0 Å². The minimum absolute atomic E-state index is 0.0369. The van der Waals surface area contributed by atoms with Gasteiger partial charge < -0.3 is 9.47 Å². The van der Waals surface area contributed by atoms with Gasteiger partial charge in [-0.3, -0.25) is 4.79 Å². The third-order valence-electron chi connectivity index (χ3n) is 4.71. The first-order chi connectivity index (χ1) is 12.7. The summed E-state index contributed by atoms with van der Waals surface area (Å²) < 4.78 is 2.15. The Kier molecular flexibility index (Phi) is 5.04. The van der Waals surface area contributed by atoms with Crippen molar-refractivity contribution in [1.29, 1.82) is 0 Å². The molecule has 0 bridgehead atoms. The van der Waals surface area contributed by atoms with Crippen molar-refractivity contribution in [3.8, 4) is 0 Å². The number of rotatable bonds is 4. The molecule has 0 radical (unpaired) electrons. The van der Waals surface area contributed by atoms with Gasteiger partial charge in [0.1, 0.15) is 5.82 Å². The summed E-state index contributed by atoms with van der Waals surface area (Å²) in [6.07, 6.45) is 5.83. The highest BCUT2D eigenvalue weighted by molar-refractivity contribution is 7.07. The van der Waals surface area contributed by atoms with Gasteiger partial charge in [-0.25, -0.2) is 9.97 Å². The van der Waals surface area contributed by atoms with Crippen LogP contribution in [0.4, 0.5) is 0 Å². The number of aromatic nitrogens is 3. The van der Waals surface area contributed by atoms with Gasteiger partial charge in [0.05, 0.1) is 17.7 Å². The van der Waals surface area contributed by atoms with E-state index in [1.54, 1.807) is 23.5 Å². The Morgan fingerprint density at radius 3 is 3.08 bits per heavy atom. The Morgan fingerprint density at radius 1 is 1.35 bits per heavy atom. The minimum atomic E-state index is 0.0369. The number of piperidine rings is 1. The van der Waals surface area contributed by atoms with Gasteiger partial charge in [-0.15, -0.1) is 11.3 Å². The molecule has 1 aromatic carbocycles. The average Bonchev–Trinajstić information content (AvgIpc) is 3.34. The van der Waals surface area contributed by atoms with Gasteiger partial charge in [0.25, 0.3) is 5.91 Å². The lowest BCUT2D eigenvalue weighted by atomic mass is 9.96. The summed E-state index contributed by atoms with van der Waals surface area (Å²) in [5.74, 6) is 1.30. The first-order valence-corrected chi connectivity index (χ1v) is 9.96. The zero-order valence-corrected chi connectivity index (χ0v) is 15.8. The van der Waals surface area contributed by atoms with Crippen molar-refractivity contribution < 1.29 is 4.79 Å². The van der Waals surface area contributed by atoms with Crippen LogP contribution in [0.2, 0.25) is 5.02 Å². The monoisotopic (exact) mass is 386 g/mol. The number of nitrogens with zero attached hydrogens (tertiary/aromatic N) is 4. The molecule has 1 atom stereocenters. The van der Waals surface area contributed by atoms with Crippen LogP contribution < -0.4 is 0 Å². The molecule has 134 valence electrons. The molecule has 3 aromatic rings. The number of hydrogen-bond donors (Lipinski definition) is 0. The summed E-state index contributed by atoms with van der Waals surface area (Å²) in [5.41, 5.74) is 3.53. The molecule has 4 rings (SSSR count). The van der Waals surface area contributed by atoms with Crippen molar-refractivity contribution in [3.63, 3.8) is 0 Å². The molecule has 0 unspecified atom stereocenters. The maximum absolute atomic E-state index is 12.8. The zero-order chi connectivity index (χ0) is 17.9. The van der Waals surface area contributed by atoms with Gasteiger partial charge in [0.2, 0.25) is 0 Å². The standard InChI is InChI=1S/C19H19ClN4OS/c20-16-5-1-3-14(9-16)19(25)24-7-2-4-15(10-24)18-21-6-8-23(18)11-17-12-26-13-22-17/h1,3,5-6,8-9,12-13,15H,2,4,7,10-11H2/t15-/m0/s1. The Morgan fingerprint density at radius 2 is 2.27 bits per heavy atom. The number of thiazole rings is 1. The van der Waals surface area contributed by atoms with Crippen molar-refractivity contribution in [2.24, 2.45) is 0 Å². The summed E-state index contributed by atoms with van der Waals surface area (Å²) in [7, 11) is 0. The van der Waals surface area contributed by atoms with Crippen molar-refractivity contribution in [2.75, 3.05) is 13.1 Å². The van der Waals surface area contributed by atoms with E-state index in [1.807, 2.05) is 34.9 Å². The Bertz CT molecular complexity index is 893. The summed E-state index contributed by atoms with van der Waals surface area (Å²) >= 11 is 7.63. The largest absolute Gasteiger partial charge is 0.338 e. The van der Waals surface area contributed by atoms with E-state index in [9.17, 15) is 4.79 Å². The summed E-state index contributed by atoms with van der Waals surface area (Å²) in [6, 6.07) is 7.15. The van der Waals surface area contributed by atoms with E-state index in [4.69, 9.17) is 11.6 Å². The fourth-order valence-corrected chi connectivity index (χ4v) is 4.22. The van der Waals surface area contributed by atoms with E-state index in [1.165, 1.54) is 0 Å². The number of carbonyl (C=O) groups is 1. The van der Waals surface area contributed by atoms with E-state index in [0.29, 0.717) is 17.1 Å². The Hall–Kier alpha value is -2.18. The molecule has 1 aliphatic heterocycles. The molecule has 1 saturated heterocycles. The van der Waals surface area contributed by atoms with Crippen LogP contribution in [-0.4, -0.2) is 38.4 Å². The molecule has 0 spiro atoms. The second kappa shape index (κ2) is 7.60. The molecule has 26 heavy (non-hydrogen) atoms. The zero-order valence-electron chi connectivity index (χ0n) is 14.2. The van der Waals surface area contributed by atoms with Gasteiger partial charge in [-0.2, -0.15) is 0 Å². The third kappa shape index (κ3) is 3.66. The quantitative estimate of drug-likeness (QED) is 0.679. The lowest BCUT2D eigenvalue weighted by molar-refractivity contribution is 0.0703. The minimum Gasteiger partial charge on any atom is -0.338 e. The van der Waals surface area contributed by atoms with Gasteiger partial charge in [0, 0.05) is 47.4 Å². The van der Waals surface area contributed by atoms with Crippen molar-refractivity contribution in [1.82, 2.24) is 19.4 Å². The predicted octanol–water partition coefficient (Wildman–Crippen LogP) is 4.06. The van der Waals surface area contributed by atoms with Crippen LogP contribution in [-0.2, 0) is 6.54 Å². The Labute approximate surface area is 161 Å². The molecule has 1 fully saturated rings. The van der Waals surface area contributed by atoms with Gasteiger partial charge in [-0.05, 0) is 31.0 Å². The van der Waals surface area contributed by atoms with E-state index < -0.39 is 0 Å². The fourth-order valence-electron chi connectivity index (χ4n) is 3.48. The highest BCUT2D eigenvalue weighted by Crippen LogP contribution is 2.27. The average molecular weight is 387 g/mol. The summed E-state index contributed by atoms with van der Waals surface area (Å²) in [5, 5.41) is 2.64. The van der Waals surface area contributed by atoms with E-state index >= 15 is 0 Å². The van der Waals surface area contributed by atoms with Crippen LogP contribution in [0.15, 0.2) is 47.5 Å². The van der Waals surface area contributed by atoms with Crippen molar-refractivity contribution in [3.05, 3.63) is 69.7 Å². The second-order valence-electron chi connectivity index (χ2n) is 6.49. The topological polar surface area (TPSA) is 51.0 Å². The summed E-state index contributed by atoms with van der Waals surface area (Å²) in [4.78, 5) is 23.7.